The zero-order valence-corrected chi connectivity index (χ0v) is 10.7. The molecular weight excluding hydrogens is 244 g/mol. The molecule has 0 fully saturated rings. The second-order valence-electron chi connectivity index (χ2n) is 4.45. The lowest BCUT2D eigenvalue weighted by atomic mass is 10.1. The number of aromatic nitrogens is 3. The Hall–Kier alpha value is -2.34. The number of rotatable bonds is 2. The lowest BCUT2D eigenvalue weighted by Crippen LogP contribution is -2.17. The van der Waals surface area contributed by atoms with E-state index in [0.717, 1.165) is 22.4 Å². The fourth-order valence-electron chi connectivity index (χ4n) is 2.22. The van der Waals surface area contributed by atoms with Crippen LogP contribution in [0.3, 0.4) is 0 Å². The van der Waals surface area contributed by atoms with Gasteiger partial charge in [0, 0.05) is 26.1 Å². The average molecular weight is 258 g/mol. The molecule has 0 aliphatic rings. The molecule has 6 nitrogen and oxygen atoms in total. The zero-order valence-electron chi connectivity index (χ0n) is 10.7. The number of nitrogens with one attached hydrogen (secondary N) is 1. The molecule has 0 aliphatic carbocycles. The summed E-state index contributed by atoms with van der Waals surface area (Å²) in [6.45, 7) is 2.00. The van der Waals surface area contributed by atoms with E-state index in [9.17, 15) is 4.79 Å². The van der Waals surface area contributed by atoms with Crippen molar-refractivity contribution < 1.29 is 4.42 Å². The first-order valence-corrected chi connectivity index (χ1v) is 5.95. The van der Waals surface area contributed by atoms with Crippen molar-refractivity contribution in [2.24, 2.45) is 12.8 Å². The Labute approximate surface area is 108 Å². The number of hydrogen-bond acceptors (Lipinski definition) is 4. The van der Waals surface area contributed by atoms with Crippen LogP contribution in [0, 0.1) is 6.92 Å². The standard InChI is InChI=1S/C13H14N4O2/c1-7-15-10-5-8(3-4-11(10)19-7)12-9(6-14)13(18)17(2)16-12/h3-5,16H,6,14H2,1-2H3. The number of oxazole rings is 1. The van der Waals surface area contributed by atoms with E-state index in [0.29, 0.717) is 11.5 Å². The number of H-pyrrole nitrogens is 1. The van der Waals surface area contributed by atoms with Crippen molar-refractivity contribution in [2.45, 2.75) is 13.5 Å². The summed E-state index contributed by atoms with van der Waals surface area (Å²) in [5.41, 5.74) is 9.22. The molecule has 3 rings (SSSR count). The third-order valence-electron chi connectivity index (χ3n) is 3.13. The van der Waals surface area contributed by atoms with Gasteiger partial charge in [0.25, 0.3) is 5.56 Å². The normalized spacial score (nSPS) is 11.3. The van der Waals surface area contributed by atoms with E-state index < -0.39 is 0 Å². The van der Waals surface area contributed by atoms with E-state index in [1.807, 2.05) is 18.2 Å². The molecule has 0 saturated carbocycles. The van der Waals surface area contributed by atoms with Gasteiger partial charge in [-0.2, -0.15) is 0 Å². The largest absolute Gasteiger partial charge is 0.441 e. The summed E-state index contributed by atoms with van der Waals surface area (Å²) in [5.74, 6) is 0.618. The first-order valence-electron chi connectivity index (χ1n) is 5.95. The summed E-state index contributed by atoms with van der Waals surface area (Å²) in [5, 5.41) is 3.02. The van der Waals surface area contributed by atoms with Gasteiger partial charge in [-0.1, -0.05) is 0 Å². The number of hydrogen-bond donors (Lipinski definition) is 2. The Morgan fingerprint density at radius 3 is 3.00 bits per heavy atom. The lowest BCUT2D eigenvalue weighted by Gasteiger charge is -2.00. The molecule has 0 amide bonds. The highest BCUT2D eigenvalue weighted by Crippen LogP contribution is 2.24. The van der Waals surface area contributed by atoms with Gasteiger partial charge in [-0.05, 0) is 18.2 Å². The monoisotopic (exact) mass is 258 g/mol. The number of fused-ring (bicyclic) bond motifs is 1. The van der Waals surface area contributed by atoms with Gasteiger partial charge in [0.05, 0.1) is 11.3 Å². The molecule has 0 atom stereocenters. The molecule has 1 aromatic carbocycles. The molecule has 0 spiro atoms. The minimum atomic E-state index is -0.103. The molecule has 3 N–H and O–H groups in total. The fourth-order valence-corrected chi connectivity index (χ4v) is 2.22. The first-order chi connectivity index (χ1) is 9.10. The highest BCUT2D eigenvalue weighted by atomic mass is 16.3. The molecule has 0 saturated heterocycles. The van der Waals surface area contributed by atoms with Gasteiger partial charge in [-0.15, -0.1) is 0 Å². The predicted molar refractivity (Wildman–Crippen MR) is 71.7 cm³/mol. The maximum Gasteiger partial charge on any atom is 0.271 e. The summed E-state index contributed by atoms with van der Waals surface area (Å²) in [7, 11) is 1.67. The van der Waals surface area contributed by atoms with Crippen LogP contribution >= 0.6 is 0 Å². The van der Waals surface area contributed by atoms with Crippen LogP contribution in [-0.2, 0) is 13.6 Å². The van der Waals surface area contributed by atoms with Gasteiger partial charge in [-0.3, -0.25) is 14.6 Å². The van der Waals surface area contributed by atoms with Crippen LogP contribution in [-0.4, -0.2) is 14.8 Å². The van der Waals surface area contributed by atoms with Crippen molar-refractivity contribution in [3.05, 3.63) is 40.0 Å². The third-order valence-corrected chi connectivity index (χ3v) is 3.13. The summed E-state index contributed by atoms with van der Waals surface area (Å²) in [4.78, 5) is 16.2. The molecule has 0 bridgehead atoms. The Bertz CT molecular complexity index is 810. The molecule has 3 aromatic rings. The van der Waals surface area contributed by atoms with Gasteiger partial charge in [0.15, 0.2) is 11.5 Å². The number of benzene rings is 1. The van der Waals surface area contributed by atoms with E-state index in [-0.39, 0.29) is 12.1 Å². The minimum Gasteiger partial charge on any atom is -0.441 e. The maximum atomic E-state index is 11.9. The van der Waals surface area contributed by atoms with Crippen LogP contribution < -0.4 is 11.3 Å². The minimum absolute atomic E-state index is 0.103. The summed E-state index contributed by atoms with van der Waals surface area (Å²) in [6.07, 6.45) is 0. The fraction of sp³-hybridized carbons (Fsp3) is 0.231. The number of aromatic amines is 1. The highest BCUT2D eigenvalue weighted by Gasteiger charge is 2.14. The Kier molecular flexibility index (Phi) is 2.53. The van der Waals surface area contributed by atoms with E-state index >= 15 is 0 Å². The molecule has 2 heterocycles. The molecule has 0 aliphatic heterocycles. The predicted octanol–water partition coefficient (Wildman–Crippen LogP) is 1.29. The number of nitrogens with two attached hydrogens (primary N) is 1. The summed E-state index contributed by atoms with van der Waals surface area (Å²) < 4.78 is 6.86. The van der Waals surface area contributed by atoms with Crippen LogP contribution in [0.2, 0.25) is 0 Å². The Balaban J connectivity index is 2.23. The van der Waals surface area contributed by atoms with Gasteiger partial charge in [-0.25, -0.2) is 4.98 Å². The van der Waals surface area contributed by atoms with Crippen molar-refractivity contribution >= 4 is 11.1 Å². The van der Waals surface area contributed by atoms with Crippen LogP contribution in [0.5, 0.6) is 0 Å². The maximum absolute atomic E-state index is 11.9. The van der Waals surface area contributed by atoms with Crippen LogP contribution in [0.25, 0.3) is 22.4 Å². The highest BCUT2D eigenvalue weighted by molar-refractivity contribution is 5.80. The molecule has 2 aromatic heterocycles. The third kappa shape index (κ3) is 1.77. The van der Waals surface area contributed by atoms with E-state index in [1.165, 1.54) is 4.68 Å². The molecule has 6 heteroatoms. The van der Waals surface area contributed by atoms with Crippen molar-refractivity contribution in [1.29, 1.82) is 0 Å². The van der Waals surface area contributed by atoms with Crippen molar-refractivity contribution in [3.63, 3.8) is 0 Å². The van der Waals surface area contributed by atoms with Crippen LogP contribution in [0.1, 0.15) is 11.5 Å². The second kappa shape index (κ2) is 4.10. The summed E-state index contributed by atoms with van der Waals surface area (Å²) >= 11 is 0. The van der Waals surface area contributed by atoms with Crippen LogP contribution in [0.4, 0.5) is 0 Å². The van der Waals surface area contributed by atoms with Crippen LogP contribution in [0.15, 0.2) is 27.4 Å². The quantitative estimate of drug-likeness (QED) is 0.724. The van der Waals surface area contributed by atoms with Crippen molar-refractivity contribution in [3.8, 4) is 11.3 Å². The molecule has 0 unspecified atom stereocenters. The summed E-state index contributed by atoms with van der Waals surface area (Å²) in [6, 6.07) is 5.62. The van der Waals surface area contributed by atoms with Gasteiger partial charge >= 0.3 is 0 Å². The molecule has 0 radical (unpaired) electrons. The van der Waals surface area contributed by atoms with Gasteiger partial charge in [0.2, 0.25) is 0 Å². The Morgan fingerprint density at radius 2 is 2.26 bits per heavy atom. The van der Waals surface area contributed by atoms with E-state index in [1.54, 1.807) is 14.0 Å². The second-order valence-corrected chi connectivity index (χ2v) is 4.45. The molecular formula is C13H14N4O2. The molecule has 98 valence electrons. The number of aryl methyl sites for hydroxylation is 2. The molecule has 19 heavy (non-hydrogen) atoms. The topological polar surface area (TPSA) is 89.8 Å². The first kappa shape index (κ1) is 11.7. The number of nitrogens with zero attached hydrogens (tertiary/aromatic N) is 2. The zero-order chi connectivity index (χ0) is 13.6. The van der Waals surface area contributed by atoms with Gasteiger partial charge in [0.1, 0.15) is 5.52 Å². The van der Waals surface area contributed by atoms with Crippen molar-refractivity contribution in [1.82, 2.24) is 14.8 Å². The Morgan fingerprint density at radius 1 is 1.47 bits per heavy atom. The smallest absolute Gasteiger partial charge is 0.271 e. The average Bonchev–Trinajstić information content (AvgIpc) is 2.89. The van der Waals surface area contributed by atoms with Gasteiger partial charge < -0.3 is 10.2 Å². The van der Waals surface area contributed by atoms with Crippen molar-refractivity contribution in [2.75, 3.05) is 0 Å². The lowest BCUT2D eigenvalue weighted by molar-refractivity contribution is 0.561. The SMILES string of the molecule is Cc1nc2cc(-c3[nH]n(C)c(=O)c3CN)ccc2o1. The van der Waals surface area contributed by atoms with E-state index in [4.69, 9.17) is 10.2 Å². The van der Waals surface area contributed by atoms with E-state index in [2.05, 4.69) is 10.1 Å².